The molecule has 1 aliphatic heterocycles. The van der Waals surface area contributed by atoms with Crippen LogP contribution in [-0.2, 0) is 0 Å². The molecule has 0 bridgehead atoms. The smallest absolute Gasteiger partial charge is 0.255 e. The van der Waals surface area contributed by atoms with Gasteiger partial charge in [0, 0.05) is 36.0 Å². The summed E-state index contributed by atoms with van der Waals surface area (Å²) in [5, 5.41) is 2.98. The highest BCUT2D eigenvalue weighted by Crippen LogP contribution is 2.24. The molecule has 5 nitrogen and oxygen atoms in total. The maximum Gasteiger partial charge on any atom is 0.255 e. The first-order valence-corrected chi connectivity index (χ1v) is 9.66. The molecule has 2 aromatic carbocycles. The maximum absolute atomic E-state index is 12.7. The number of nitrogens with zero attached hydrogens (tertiary/aromatic N) is 3. The van der Waals surface area contributed by atoms with Gasteiger partial charge in [0.25, 0.3) is 5.91 Å². The largest absolute Gasteiger partial charge is 0.357 e. The van der Waals surface area contributed by atoms with E-state index < -0.39 is 0 Å². The first-order valence-electron chi connectivity index (χ1n) is 9.66. The number of hydrogen-bond donors (Lipinski definition) is 1. The van der Waals surface area contributed by atoms with Gasteiger partial charge in [0.05, 0.1) is 5.69 Å². The Kier molecular flexibility index (Phi) is 5.06. The average Bonchev–Trinajstić information content (AvgIpc) is 3.26. The van der Waals surface area contributed by atoms with Crippen LogP contribution in [0.15, 0.2) is 54.9 Å². The quantitative estimate of drug-likeness (QED) is 0.726. The Balaban J connectivity index is 1.56. The van der Waals surface area contributed by atoms with E-state index in [9.17, 15) is 4.79 Å². The Bertz CT molecular complexity index is 1010. The van der Waals surface area contributed by atoms with Gasteiger partial charge in [-0.25, -0.2) is 9.97 Å². The van der Waals surface area contributed by atoms with Gasteiger partial charge in [-0.3, -0.25) is 4.79 Å². The van der Waals surface area contributed by atoms with Gasteiger partial charge in [0.2, 0.25) is 0 Å². The highest BCUT2D eigenvalue weighted by molar-refractivity contribution is 6.05. The van der Waals surface area contributed by atoms with Crippen molar-refractivity contribution in [1.82, 2.24) is 9.97 Å². The summed E-state index contributed by atoms with van der Waals surface area (Å²) >= 11 is 0. The normalized spacial score (nSPS) is 13.6. The molecule has 2 heterocycles. The van der Waals surface area contributed by atoms with E-state index in [-0.39, 0.29) is 5.91 Å². The zero-order chi connectivity index (χ0) is 19.5. The van der Waals surface area contributed by atoms with Gasteiger partial charge in [-0.05, 0) is 62.1 Å². The third kappa shape index (κ3) is 3.88. The van der Waals surface area contributed by atoms with Gasteiger partial charge in [0.1, 0.15) is 12.1 Å². The van der Waals surface area contributed by atoms with Gasteiger partial charge in [-0.15, -0.1) is 0 Å². The van der Waals surface area contributed by atoms with Gasteiger partial charge in [-0.1, -0.05) is 18.2 Å². The summed E-state index contributed by atoms with van der Waals surface area (Å²) in [6, 6.07) is 15.5. The van der Waals surface area contributed by atoms with Crippen molar-refractivity contribution >= 4 is 17.4 Å². The summed E-state index contributed by atoms with van der Waals surface area (Å²) < 4.78 is 0. The van der Waals surface area contributed by atoms with Crippen molar-refractivity contribution in [3.05, 3.63) is 71.5 Å². The van der Waals surface area contributed by atoms with E-state index in [1.54, 1.807) is 6.33 Å². The number of rotatable bonds is 4. The molecule has 1 aliphatic rings. The fourth-order valence-electron chi connectivity index (χ4n) is 3.47. The second kappa shape index (κ2) is 7.80. The SMILES string of the molecule is Cc1ccc(NC(=O)c2cccc(-c3cc(N4CCCC4)ncn3)c2)cc1C. The third-order valence-electron chi connectivity index (χ3n) is 5.27. The van der Waals surface area contributed by atoms with E-state index in [1.165, 1.54) is 18.4 Å². The highest BCUT2D eigenvalue weighted by Gasteiger charge is 2.15. The Morgan fingerprint density at radius 1 is 0.964 bits per heavy atom. The average molecular weight is 372 g/mol. The number of nitrogens with one attached hydrogen (secondary N) is 1. The monoisotopic (exact) mass is 372 g/mol. The van der Waals surface area contributed by atoms with Gasteiger partial charge in [-0.2, -0.15) is 0 Å². The molecule has 0 aliphatic carbocycles. The van der Waals surface area contributed by atoms with Crippen molar-refractivity contribution in [2.45, 2.75) is 26.7 Å². The van der Waals surface area contributed by atoms with Crippen LogP contribution in [0.3, 0.4) is 0 Å². The fourth-order valence-corrected chi connectivity index (χ4v) is 3.47. The molecule has 0 radical (unpaired) electrons. The third-order valence-corrected chi connectivity index (χ3v) is 5.27. The van der Waals surface area contributed by atoms with E-state index >= 15 is 0 Å². The second-order valence-corrected chi connectivity index (χ2v) is 7.29. The highest BCUT2D eigenvalue weighted by atomic mass is 16.1. The Hall–Kier alpha value is -3.21. The number of carbonyl (C=O) groups is 1. The Morgan fingerprint density at radius 3 is 2.57 bits per heavy atom. The lowest BCUT2D eigenvalue weighted by Crippen LogP contribution is -2.19. The summed E-state index contributed by atoms with van der Waals surface area (Å²) in [5.41, 5.74) is 5.52. The Labute approximate surface area is 165 Å². The van der Waals surface area contributed by atoms with E-state index in [0.29, 0.717) is 5.56 Å². The van der Waals surface area contributed by atoms with Crippen LogP contribution < -0.4 is 10.2 Å². The summed E-state index contributed by atoms with van der Waals surface area (Å²) in [7, 11) is 0. The summed E-state index contributed by atoms with van der Waals surface area (Å²) in [6.45, 7) is 6.17. The molecular formula is C23H24N4O. The molecule has 0 saturated carbocycles. The number of aromatic nitrogens is 2. The summed E-state index contributed by atoms with van der Waals surface area (Å²) in [4.78, 5) is 23.8. The number of amides is 1. The first kappa shape index (κ1) is 18.2. The minimum absolute atomic E-state index is 0.126. The zero-order valence-corrected chi connectivity index (χ0v) is 16.3. The maximum atomic E-state index is 12.7. The van der Waals surface area contributed by atoms with Crippen molar-refractivity contribution in [2.24, 2.45) is 0 Å². The van der Waals surface area contributed by atoms with Crippen LogP contribution in [0.5, 0.6) is 0 Å². The number of hydrogen-bond acceptors (Lipinski definition) is 4. The summed E-state index contributed by atoms with van der Waals surface area (Å²) in [6.07, 6.45) is 4.01. The van der Waals surface area contributed by atoms with Crippen LogP contribution in [0.2, 0.25) is 0 Å². The lowest BCUT2D eigenvalue weighted by atomic mass is 10.1. The molecule has 28 heavy (non-hydrogen) atoms. The van der Waals surface area contributed by atoms with Gasteiger partial charge >= 0.3 is 0 Å². The number of anilines is 2. The van der Waals surface area contributed by atoms with Crippen LogP contribution in [0.25, 0.3) is 11.3 Å². The molecular weight excluding hydrogens is 348 g/mol. The van der Waals surface area contributed by atoms with Crippen molar-refractivity contribution in [3.63, 3.8) is 0 Å². The lowest BCUT2D eigenvalue weighted by molar-refractivity contribution is 0.102. The van der Waals surface area contributed by atoms with Crippen molar-refractivity contribution < 1.29 is 4.79 Å². The molecule has 1 aromatic heterocycles. The van der Waals surface area contributed by atoms with Crippen LogP contribution in [0.4, 0.5) is 11.5 Å². The lowest BCUT2D eigenvalue weighted by Gasteiger charge is -2.16. The molecule has 0 spiro atoms. The van der Waals surface area contributed by atoms with E-state index in [4.69, 9.17) is 0 Å². The summed E-state index contributed by atoms with van der Waals surface area (Å²) in [5.74, 6) is 0.825. The second-order valence-electron chi connectivity index (χ2n) is 7.29. The standard InChI is InChI=1S/C23H24N4O/c1-16-8-9-20(12-17(16)2)26-23(28)19-7-5-6-18(13-19)21-14-22(25-15-24-21)27-10-3-4-11-27/h5-9,12-15H,3-4,10-11H2,1-2H3,(H,26,28). The van der Waals surface area contributed by atoms with Gasteiger partial charge in [0.15, 0.2) is 0 Å². The van der Waals surface area contributed by atoms with Gasteiger partial charge < -0.3 is 10.2 Å². The van der Waals surface area contributed by atoms with Crippen LogP contribution in [-0.4, -0.2) is 29.0 Å². The number of carbonyl (C=O) groups excluding carboxylic acids is 1. The molecule has 1 N–H and O–H groups in total. The number of aryl methyl sites for hydroxylation is 2. The minimum Gasteiger partial charge on any atom is -0.357 e. The predicted molar refractivity (Wildman–Crippen MR) is 113 cm³/mol. The molecule has 1 saturated heterocycles. The fraction of sp³-hybridized carbons (Fsp3) is 0.261. The molecule has 1 fully saturated rings. The van der Waals surface area contributed by atoms with E-state index in [0.717, 1.165) is 41.4 Å². The van der Waals surface area contributed by atoms with E-state index in [2.05, 4.69) is 27.1 Å². The Morgan fingerprint density at radius 2 is 1.79 bits per heavy atom. The molecule has 0 atom stereocenters. The molecule has 142 valence electrons. The van der Waals surface area contributed by atoms with Crippen molar-refractivity contribution in [3.8, 4) is 11.3 Å². The predicted octanol–water partition coefficient (Wildman–Crippen LogP) is 4.61. The molecule has 4 rings (SSSR count). The molecule has 1 amide bonds. The van der Waals surface area contributed by atoms with Crippen molar-refractivity contribution in [1.29, 1.82) is 0 Å². The van der Waals surface area contributed by atoms with E-state index in [1.807, 2.05) is 55.5 Å². The van der Waals surface area contributed by atoms with Crippen LogP contribution in [0, 0.1) is 13.8 Å². The first-order chi connectivity index (χ1) is 13.6. The number of benzene rings is 2. The van der Waals surface area contributed by atoms with Crippen molar-refractivity contribution in [2.75, 3.05) is 23.3 Å². The topological polar surface area (TPSA) is 58.1 Å². The van der Waals surface area contributed by atoms with Crippen LogP contribution >= 0.6 is 0 Å². The van der Waals surface area contributed by atoms with Crippen LogP contribution in [0.1, 0.15) is 34.3 Å². The zero-order valence-electron chi connectivity index (χ0n) is 16.3. The molecule has 0 unspecified atom stereocenters. The molecule has 3 aromatic rings. The minimum atomic E-state index is -0.126. The molecule has 5 heteroatoms.